The summed E-state index contributed by atoms with van der Waals surface area (Å²) in [4.78, 5) is 0. The van der Waals surface area contributed by atoms with Crippen molar-refractivity contribution in [2.75, 3.05) is 0 Å². The van der Waals surface area contributed by atoms with Gasteiger partial charge in [0.1, 0.15) is 5.82 Å². The van der Waals surface area contributed by atoms with Gasteiger partial charge in [0.15, 0.2) is 0 Å². The summed E-state index contributed by atoms with van der Waals surface area (Å²) in [7, 11) is 0. The van der Waals surface area contributed by atoms with Crippen molar-refractivity contribution in [3.8, 4) is 0 Å². The molecule has 0 aliphatic rings. The molecule has 2 heteroatoms. The zero-order valence-corrected chi connectivity index (χ0v) is 10.1. The fourth-order valence-electron chi connectivity index (χ4n) is 1.86. The molecule has 0 amide bonds. The van der Waals surface area contributed by atoms with Crippen molar-refractivity contribution in [2.45, 2.75) is 19.9 Å². The molecule has 17 heavy (non-hydrogen) atoms. The summed E-state index contributed by atoms with van der Waals surface area (Å²) in [6, 6.07) is 12.9. The molecule has 0 saturated heterocycles. The summed E-state index contributed by atoms with van der Waals surface area (Å²) < 4.78 is 13.5. The highest BCUT2D eigenvalue weighted by Crippen LogP contribution is 2.22. The Morgan fingerprint density at radius 3 is 2.35 bits per heavy atom. The normalized spacial score (nSPS) is 12.5. The first kappa shape index (κ1) is 11.8. The Hall–Kier alpha value is -1.67. The Morgan fingerprint density at radius 2 is 1.71 bits per heavy atom. The van der Waals surface area contributed by atoms with Crippen molar-refractivity contribution in [2.24, 2.45) is 5.73 Å². The van der Waals surface area contributed by atoms with Gasteiger partial charge in [-0.3, -0.25) is 0 Å². The highest BCUT2D eigenvalue weighted by Gasteiger charge is 2.10. The van der Waals surface area contributed by atoms with Gasteiger partial charge in [0.25, 0.3) is 0 Å². The molecule has 0 aliphatic heterocycles. The number of benzene rings is 2. The second-order valence-corrected chi connectivity index (χ2v) is 4.40. The van der Waals surface area contributed by atoms with E-state index in [2.05, 4.69) is 0 Å². The van der Waals surface area contributed by atoms with E-state index in [1.807, 2.05) is 37.3 Å². The van der Waals surface area contributed by atoms with Crippen LogP contribution in [0, 0.1) is 19.7 Å². The van der Waals surface area contributed by atoms with E-state index in [1.165, 1.54) is 6.07 Å². The van der Waals surface area contributed by atoms with Crippen LogP contribution in [0.1, 0.15) is 28.3 Å². The fraction of sp³-hybridized carbons (Fsp3) is 0.200. The predicted molar refractivity (Wildman–Crippen MR) is 68.3 cm³/mol. The molecule has 88 valence electrons. The lowest BCUT2D eigenvalue weighted by molar-refractivity contribution is 0.614. The van der Waals surface area contributed by atoms with E-state index in [0.717, 1.165) is 16.7 Å². The van der Waals surface area contributed by atoms with Crippen molar-refractivity contribution in [1.29, 1.82) is 0 Å². The minimum Gasteiger partial charge on any atom is -0.320 e. The molecule has 0 aromatic heterocycles. The Bertz CT molecular complexity index is 534. The molecule has 2 rings (SSSR count). The van der Waals surface area contributed by atoms with Crippen molar-refractivity contribution >= 4 is 0 Å². The molecular formula is C15H16FN. The molecular weight excluding hydrogens is 213 g/mol. The van der Waals surface area contributed by atoms with E-state index in [9.17, 15) is 4.39 Å². The molecule has 0 aliphatic carbocycles. The van der Waals surface area contributed by atoms with Crippen LogP contribution in [0.4, 0.5) is 4.39 Å². The molecule has 1 atom stereocenters. The van der Waals surface area contributed by atoms with E-state index >= 15 is 0 Å². The molecule has 1 unspecified atom stereocenters. The van der Waals surface area contributed by atoms with Gasteiger partial charge in [0, 0.05) is 0 Å². The van der Waals surface area contributed by atoms with E-state index in [1.54, 1.807) is 13.0 Å². The summed E-state index contributed by atoms with van der Waals surface area (Å²) in [6.45, 7) is 3.77. The van der Waals surface area contributed by atoms with Crippen LogP contribution in [0.5, 0.6) is 0 Å². The molecule has 0 heterocycles. The number of rotatable bonds is 2. The van der Waals surface area contributed by atoms with Crippen molar-refractivity contribution in [1.82, 2.24) is 0 Å². The van der Waals surface area contributed by atoms with E-state index in [0.29, 0.717) is 5.56 Å². The van der Waals surface area contributed by atoms with Gasteiger partial charge in [-0.1, -0.05) is 42.0 Å². The van der Waals surface area contributed by atoms with Crippen LogP contribution < -0.4 is 5.73 Å². The van der Waals surface area contributed by atoms with Crippen LogP contribution in [0.2, 0.25) is 0 Å². The zero-order valence-electron chi connectivity index (χ0n) is 10.1. The fourth-order valence-corrected chi connectivity index (χ4v) is 1.86. The Balaban J connectivity index is 2.36. The molecule has 0 fully saturated rings. The molecule has 0 spiro atoms. The lowest BCUT2D eigenvalue weighted by Gasteiger charge is -2.13. The SMILES string of the molecule is Cc1cccc(C(N)c2ccc(C)c(F)c2)c1. The van der Waals surface area contributed by atoms with Gasteiger partial charge >= 0.3 is 0 Å². The quantitative estimate of drug-likeness (QED) is 0.838. The monoisotopic (exact) mass is 229 g/mol. The lowest BCUT2D eigenvalue weighted by Crippen LogP contribution is -2.12. The smallest absolute Gasteiger partial charge is 0.126 e. The van der Waals surface area contributed by atoms with Gasteiger partial charge in [0.05, 0.1) is 6.04 Å². The number of nitrogens with two attached hydrogens (primary N) is 1. The van der Waals surface area contributed by atoms with E-state index < -0.39 is 0 Å². The molecule has 0 bridgehead atoms. The molecule has 1 nitrogen and oxygen atoms in total. The highest BCUT2D eigenvalue weighted by atomic mass is 19.1. The van der Waals surface area contributed by atoms with Crippen molar-refractivity contribution < 1.29 is 4.39 Å². The second-order valence-electron chi connectivity index (χ2n) is 4.40. The Morgan fingerprint density at radius 1 is 1.00 bits per heavy atom. The topological polar surface area (TPSA) is 26.0 Å². The van der Waals surface area contributed by atoms with Crippen LogP contribution in [-0.2, 0) is 0 Å². The van der Waals surface area contributed by atoms with Crippen LogP contribution >= 0.6 is 0 Å². The lowest BCUT2D eigenvalue weighted by atomic mass is 9.97. The number of hydrogen-bond acceptors (Lipinski definition) is 1. The first-order valence-electron chi connectivity index (χ1n) is 5.66. The maximum atomic E-state index is 13.5. The van der Waals surface area contributed by atoms with Crippen LogP contribution in [0.15, 0.2) is 42.5 Å². The second kappa shape index (κ2) is 4.68. The standard InChI is InChI=1S/C15H16FN/c1-10-4-3-5-12(8-10)15(17)13-7-6-11(2)14(16)9-13/h3-9,15H,17H2,1-2H3. The Kier molecular flexibility index (Phi) is 3.25. The third-order valence-corrected chi connectivity index (χ3v) is 2.96. The maximum Gasteiger partial charge on any atom is 0.126 e. The third-order valence-electron chi connectivity index (χ3n) is 2.96. The average Bonchev–Trinajstić information content (AvgIpc) is 2.32. The number of hydrogen-bond donors (Lipinski definition) is 1. The average molecular weight is 229 g/mol. The molecule has 2 aromatic carbocycles. The van der Waals surface area contributed by atoms with Gasteiger partial charge in [-0.25, -0.2) is 4.39 Å². The highest BCUT2D eigenvalue weighted by molar-refractivity contribution is 5.35. The summed E-state index contributed by atoms with van der Waals surface area (Å²) >= 11 is 0. The summed E-state index contributed by atoms with van der Waals surface area (Å²) in [5.74, 6) is -0.203. The first-order valence-corrected chi connectivity index (χ1v) is 5.66. The van der Waals surface area contributed by atoms with Gasteiger partial charge in [-0.15, -0.1) is 0 Å². The van der Waals surface area contributed by atoms with Gasteiger partial charge < -0.3 is 5.73 Å². The molecule has 2 N–H and O–H groups in total. The number of aryl methyl sites for hydroxylation is 2. The minimum atomic E-state index is -0.273. The van der Waals surface area contributed by atoms with Crippen LogP contribution in [0.3, 0.4) is 0 Å². The third kappa shape index (κ3) is 2.53. The number of halogens is 1. The minimum absolute atomic E-state index is 0.203. The molecule has 0 radical (unpaired) electrons. The first-order chi connectivity index (χ1) is 8.08. The van der Waals surface area contributed by atoms with E-state index in [-0.39, 0.29) is 11.9 Å². The summed E-state index contributed by atoms with van der Waals surface area (Å²) in [6.07, 6.45) is 0. The van der Waals surface area contributed by atoms with Crippen LogP contribution in [-0.4, -0.2) is 0 Å². The molecule has 2 aromatic rings. The van der Waals surface area contributed by atoms with E-state index in [4.69, 9.17) is 5.73 Å². The predicted octanol–water partition coefficient (Wildman–Crippen LogP) is 3.49. The maximum absolute atomic E-state index is 13.5. The van der Waals surface area contributed by atoms with Gasteiger partial charge in [0.2, 0.25) is 0 Å². The summed E-state index contributed by atoms with van der Waals surface area (Å²) in [5, 5.41) is 0. The largest absolute Gasteiger partial charge is 0.320 e. The van der Waals surface area contributed by atoms with Gasteiger partial charge in [-0.2, -0.15) is 0 Å². The van der Waals surface area contributed by atoms with Crippen molar-refractivity contribution in [3.63, 3.8) is 0 Å². The zero-order chi connectivity index (χ0) is 12.4. The summed E-state index contributed by atoms with van der Waals surface area (Å²) in [5.41, 5.74) is 9.75. The van der Waals surface area contributed by atoms with Crippen molar-refractivity contribution in [3.05, 3.63) is 70.5 Å². The Labute approximate surface area is 101 Å². The molecule has 0 saturated carbocycles. The van der Waals surface area contributed by atoms with Gasteiger partial charge in [-0.05, 0) is 36.6 Å². The van der Waals surface area contributed by atoms with Crippen LogP contribution in [0.25, 0.3) is 0 Å².